The van der Waals surface area contributed by atoms with Crippen LogP contribution in [0.5, 0.6) is 0 Å². The van der Waals surface area contributed by atoms with Gasteiger partial charge in [0, 0.05) is 18.3 Å². The molecular weight excluding hydrogens is 318 g/mol. The Labute approximate surface area is 147 Å². The summed E-state index contributed by atoms with van der Waals surface area (Å²) < 4.78 is 2.15. The second kappa shape index (κ2) is 7.21. The third kappa shape index (κ3) is 3.81. The fourth-order valence-electron chi connectivity index (χ4n) is 3.59. The lowest BCUT2D eigenvalue weighted by Crippen LogP contribution is -2.31. The highest BCUT2D eigenvalue weighted by Crippen LogP contribution is 2.27. The molecule has 1 aliphatic carbocycles. The molecule has 2 aromatic rings. The summed E-state index contributed by atoms with van der Waals surface area (Å²) in [5.74, 6) is 0.509. The maximum Gasteiger partial charge on any atom is 0.306 e. The summed E-state index contributed by atoms with van der Waals surface area (Å²) in [6, 6.07) is 2.27. The SMILES string of the molecule is Cc1ncc(-c2ccnc(NC3CCCC(C(=O)O)C3)n2)n1C(C)C. The number of carboxylic acid groups (broad SMARTS) is 1. The summed E-state index contributed by atoms with van der Waals surface area (Å²) in [4.78, 5) is 24.6. The highest BCUT2D eigenvalue weighted by atomic mass is 16.4. The first-order valence-electron chi connectivity index (χ1n) is 8.82. The minimum atomic E-state index is -0.711. The average molecular weight is 343 g/mol. The van der Waals surface area contributed by atoms with E-state index in [1.807, 2.05) is 19.2 Å². The fraction of sp³-hybridized carbons (Fsp3) is 0.556. The quantitative estimate of drug-likeness (QED) is 0.865. The van der Waals surface area contributed by atoms with Gasteiger partial charge in [-0.15, -0.1) is 0 Å². The number of rotatable bonds is 5. The van der Waals surface area contributed by atoms with Crippen LogP contribution >= 0.6 is 0 Å². The van der Waals surface area contributed by atoms with Crippen LogP contribution in [0, 0.1) is 12.8 Å². The molecule has 0 spiro atoms. The van der Waals surface area contributed by atoms with Gasteiger partial charge in [-0.1, -0.05) is 6.42 Å². The number of carbonyl (C=O) groups is 1. The van der Waals surface area contributed by atoms with Crippen LogP contribution in [0.1, 0.15) is 51.4 Å². The van der Waals surface area contributed by atoms with E-state index in [1.165, 1.54) is 0 Å². The second-order valence-corrected chi connectivity index (χ2v) is 6.96. The summed E-state index contributed by atoms with van der Waals surface area (Å²) >= 11 is 0. The van der Waals surface area contributed by atoms with Gasteiger partial charge >= 0.3 is 5.97 Å². The molecule has 2 heterocycles. The molecule has 3 rings (SSSR count). The van der Waals surface area contributed by atoms with Crippen LogP contribution in [0.4, 0.5) is 5.95 Å². The van der Waals surface area contributed by atoms with Gasteiger partial charge in [-0.25, -0.2) is 15.0 Å². The van der Waals surface area contributed by atoms with Gasteiger partial charge < -0.3 is 15.0 Å². The minimum absolute atomic E-state index is 0.0989. The monoisotopic (exact) mass is 343 g/mol. The van der Waals surface area contributed by atoms with Crippen LogP contribution in [0.25, 0.3) is 11.4 Å². The number of anilines is 1. The van der Waals surface area contributed by atoms with E-state index in [1.54, 1.807) is 6.20 Å². The molecule has 134 valence electrons. The van der Waals surface area contributed by atoms with E-state index >= 15 is 0 Å². The minimum Gasteiger partial charge on any atom is -0.481 e. The van der Waals surface area contributed by atoms with Gasteiger partial charge in [0.05, 0.1) is 23.5 Å². The zero-order valence-electron chi connectivity index (χ0n) is 14.9. The molecule has 0 saturated heterocycles. The normalized spacial score (nSPS) is 20.6. The summed E-state index contributed by atoms with van der Waals surface area (Å²) in [6.07, 6.45) is 6.79. The lowest BCUT2D eigenvalue weighted by molar-refractivity contribution is -0.142. The van der Waals surface area contributed by atoms with Crippen LogP contribution < -0.4 is 5.32 Å². The van der Waals surface area contributed by atoms with Gasteiger partial charge in [-0.05, 0) is 46.1 Å². The standard InChI is InChI=1S/C18H25N5O2/c1-11(2)23-12(3)20-10-16(23)15-7-8-19-18(22-15)21-14-6-4-5-13(9-14)17(24)25/h7-8,10-11,13-14H,4-6,9H2,1-3H3,(H,24,25)(H,19,21,22). The van der Waals surface area contributed by atoms with Crippen molar-refractivity contribution in [3.05, 3.63) is 24.3 Å². The Balaban J connectivity index is 1.79. The van der Waals surface area contributed by atoms with E-state index in [2.05, 4.69) is 38.7 Å². The Morgan fingerprint density at radius 2 is 2.16 bits per heavy atom. The topological polar surface area (TPSA) is 92.9 Å². The van der Waals surface area contributed by atoms with Crippen molar-refractivity contribution in [3.8, 4) is 11.4 Å². The van der Waals surface area contributed by atoms with Gasteiger partial charge in [-0.2, -0.15) is 0 Å². The average Bonchev–Trinajstić information content (AvgIpc) is 2.97. The smallest absolute Gasteiger partial charge is 0.306 e. The van der Waals surface area contributed by atoms with E-state index in [0.717, 1.165) is 36.5 Å². The van der Waals surface area contributed by atoms with Crippen LogP contribution in [-0.2, 0) is 4.79 Å². The molecule has 2 aromatic heterocycles. The second-order valence-electron chi connectivity index (χ2n) is 6.96. The van der Waals surface area contributed by atoms with Crippen molar-refractivity contribution >= 4 is 11.9 Å². The Morgan fingerprint density at radius 3 is 2.88 bits per heavy atom. The molecule has 0 aromatic carbocycles. The molecule has 0 bridgehead atoms. The fourth-order valence-corrected chi connectivity index (χ4v) is 3.59. The van der Waals surface area contributed by atoms with Crippen molar-refractivity contribution in [2.45, 2.75) is 58.5 Å². The first-order valence-corrected chi connectivity index (χ1v) is 8.82. The Morgan fingerprint density at radius 1 is 1.36 bits per heavy atom. The van der Waals surface area contributed by atoms with Crippen molar-refractivity contribution in [2.24, 2.45) is 5.92 Å². The molecule has 2 atom stereocenters. The highest BCUT2D eigenvalue weighted by molar-refractivity contribution is 5.70. The van der Waals surface area contributed by atoms with Crippen molar-refractivity contribution in [1.29, 1.82) is 0 Å². The number of nitrogens with zero attached hydrogens (tertiary/aromatic N) is 4. The number of aryl methyl sites for hydroxylation is 1. The Bertz CT molecular complexity index is 756. The molecular formula is C18H25N5O2. The molecule has 2 unspecified atom stereocenters. The number of aromatic nitrogens is 4. The van der Waals surface area contributed by atoms with Crippen molar-refractivity contribution in [3.63, 3.8) is 0 Å². The molecule has 1 saturated carbocycles. The van der Waals surface area contributed by atoms with Crippen LogP contribution in [-0.4, -0.2) is 36.6 Å². The number of imidazole rings is 1. The molecule has 7 nitrogen and oxygen atoms in total. The Hall–Kier alpha value is -2.44. The number of carboxylic acids is 1. The maximum absolute atomic E-state index is 11.2. The maximum atomic E-state index is 11.2. The van der Waals surface area contributed by atoms with E-state index in [4.69, 9.17) is 0 Å². The van der Waals surface area contributed by atoms with Gasteiger partial charge in [0.15, 0.2) is 0 Å². The summed E-state index contributed by atoms with van der Waals surface area (Å²) in [7, 11) is 0. The van der Waals surface area contributed by atoms with E-state index < -0.39 is 5.97 Å². The van der Waals surface area contributed by atoms with E-state index in [0.29, 0.717) is 18.4 Å². The van der Waals surface area contributed by atoms with Crippen molar-refractivity contribution in [1.82, 2.24) is 19.5 Å². The first kappa shape index (κ1) is 17.4. The zero-order chi connectivity index (χ0) is 18.0. The predicted octanol–water partition coefficient (Wildman–Crippen LogP) is 3.28. The molecule has 1 fully saturated rings. The largest absolute Gasteiger partial charge is 0.481 e. The summed E-state index contributed by atoms with van der Waals surface area (Å²) in [6.45, 7) is 6.22. The number of aliphatic carboxylic acids is 1. The van der Waals surface area contributed by atoms with E-state index in [9.17, 15) is 9.90 Å². The Kier molecular flexibility index (Phi) is 5.01. The van der Waals surface area contributed by atoms with Gasteiger partial charge in [0.2, 0.25) is 5.95 Å². The summed E-state index contributed by atoms with van der Waals surface area (Å²) in [5, 5.41) is 12.5. The van der Waals surface area contributed by atoms with Crippen molar-refractivity contribution in [2.75, 3.05) is 5.32 Å². The van der Waals surface area contributed by atoms with Crippen LogP contribution in [0.2, 0.25) is 0 Å². The van der Waals surface area contributed by atoms with Crippen LogP contribution in [0.3, 0.4) is 0 Å². The lowest BCUT2D eigenvalue weighted by atomic mass is 9.86. The predicted molar refractivity (Wildman–Crippen MR) is 95.4 cm³/mol. The summed E-state index contributed by atoms with van der Waals surface area (Å²) in [5.41, 5.74) is 1.78. The van der Waals surface area contributed by atoms with Crippen molar-refractivity contribution < 1.29 is 9.90 Å². The zero-order valence-corrected chi connectivity index (χ0v) is 14.9. The molecule has 0 radical (unpaired) electrons. The molecule has 7 heteroatoms. The van der Waals surface area contributed by atoms with Gasteiger partial charge in [0.25, 0.3) is 0 Å². The van der Waals surface area contributed by atoms with E-state index in [-0.39, 0.29) is 12.0 Å². The number of hydrogen-bond acceptors (Lipinski definition) is 5. The molecule has 0 aliphatic heterocycles. The number of hydrogen-bond donors (Lipinski definition) is 2. The first-order chi connectivity index (χ1) is 12.0. The van der Waals surface area contributed by atoms with Gasteiger partial charge in [-0.3, -0.25) is 4.79 Å². The third-order valence-electron chi connectivity index (χ3n) is 4.77. The third-order valence-corrected chi connectivity index (χ3v) is 4.77. The van der Waals surface area contributed by atoms with Gasteiger partial charge in [0.1, 0.15) is 5.82 Å². The molecule has 1 aliphatic rings. The molecule has 25 heavy (non-hydrogen) atoms. The molecule has 0 amide bonds. The molecule has 2 N–H and O–H groups in total. The van der Waals surface area contributed by atoms with Crippen LogP contribution in [0.15, 0.2) is 18.5 Å². The number of nitrogens with one attached hydrogen (secondary N) is 1. The highest BCUT2D eigenvalue weighted by Gasteiger charge is 2.27. The lowest BCUT2D eigenvalue weighted by Gasteiger charge is -2.27.